The van der Waals surface area contributed by atoms with E-state index >= 15 is 0 Å². The van der Waals surface area contributed by atoms with E-state index in [4.69, 9.17) is 10.5 Å². The molecule has 0 spiro atoms. The van der Waals surface area contributed by atoms with Crippen LogP contribution in [0.2, 0.25) is 0 Å². The number of para-hydroxylation sites is 1. The summed E-state index contributed by atoms with van der Waals surface area (Å²) in [4.78, 5) is 0.809. The summed E-state index contributed by atoms with van der Waals surface area (Å²) in [5.41, 5.74) is 6.60. The quantitative estimate of drug-likeness (QED) is 0.867. The number of hydrogen-bond acceptors (Lipinski definition) is 3. The lowest BCUT2D eigenvalue weighted by molar-refractivity contribution is 0.339. The van der Waals surface area contributed by atoms with E-state index in [-0.39, 0.29) is 0 Å². The number of halogens is 1. The highest BCUT2D eigenvalue weighted by Gasteiger charge is 2.05. The van der Waals surface area contributed by atoms with Crippen molar-refractivity contribution >= 4 is 26.7 Å². The average molecular weight is 354 g/mol. The minimum atomic E-state index is -1.05. The van der Waals surface area contributed by atoms with E-state index in [1.165, 1.54) is 0 Å². The number of nitrogens with two attached hydrogens (primary N) is 1. The lowest BCUT2D eigenvalue weighted by Crippen LogP contribution is -2.10. The van der Waals surface area contributed by atoms with Crippen LogP contribution in [0.15, 0.2) is 57.9 Å². The molecule has 2 aromatic rings. The molecule has 0 radical (unpaired) electrons. The van der Waals surface area contributed by atoms with E-state index < -0.39 is 10.8 Å². The third-order valence-electron chi connectivity index (χ3n) is 2.80. The van der Waals surface area contributed by atoms with Gasteiger partial charge in [-0.1, -0.05) is 34.1 Å². The van der Waals surface area contributed by atoms with Gasteiger partial charge in [0.15, 0.2) is 0 Å². The molecule has 0 amide bonds. The van der Waals surface area contributed by atoms with E-state index in [2.05, 4.69) is 15.9 Å². The highest BCUT2D eigenvalue weighted by atomic mass is 79.9. The lowest BCUT2D eigenvalue weighted by atomic mass is 10.2. The van der Waals surface area contributed by atoms with Crippen LogP contribution in [0.4, 0.5) is 0 Å². The number of rotatable bonds is 6. The van der Waals surface area contributed by atoms with Crippen molar-refractivity contribution in [2.75, 3.05) is 12.4 Å². The van der Waals surface area contributed by atoms with Crippen LogP contribution in [0.1, 0.15) is 5.56 Å². The van der Waals surface area contributed by atoms with Crippen molar-refractivity contribution in [1.82, 2.24) is 0 Å². The van der Waals surface area contributed by atoms with Gasteiger partial charge >= 0.3 is 0 Å². The SMILES string of the molecule is NCc1ccccc1OCCS(=O)c1ccc(Br)cc1. The molecule has 1 unspecified atom stereocenters. The van der Waals surface area contributed by atoms with Gasteiger partial charge in [0.1, 0.15) is 12.4 Å². The first-order chi connectivity index (χ1) is 9.70. The van der Waals surface area contributed by atoms with E-state index in [0.717, 1.165) is 20.7 Å². The van der Waals surface area contributed by atoms with Crippen LogP contribution in [0.5, 0.6) is 5.75 Å². The Bertz CT molecular complexity index is 587. The summed E-state index contributed by atoms with van der Waals surface area (Å²) in [5.74, 6) is 1.23. The molecule has 2 rings (SSSR count). The third-order valence-corrected chi connectivity index (χ3v) is 4.66. The largest absolute Gasteiger partial charge is 0.492 e. The molecule has 1 atom stereocenters. The summed E-state index contributed by atoms with van der Waals surface area (Å²) in [6, 6.07) is 15.1. The molecule has 20 heavy (non-hydrogen) atoms. The van der Waals surface area contributed by atoms with Crippen LogP contribution >= 0.6 is 15.9 Å². The van der Waals surface area contributed by atoms with Crippen molar-refractivity contribution in [3.63, 3.8) is 0 Å². The van der Waals surface area contributed by atoms with E-state index in [0.29, 0.717) is 18.9 Å². The fourth-order valence-corrected chi connectivity index (χ4v) is 2.92. The maximum absolute atomic E-state index is 12.1. The van der Waals surface area contributed by atoms with Crippen LogP contribution in [0, 0.1) is 0 Å². The molecule has 5 heteroatoms. The van der Waals surface area contributed by atoms with Crippen molar-refractivity contribution < 1.29 is 8.95 Å². The second-order valence-corrected chi connectivity index (χ2v) is 6.65. The predicted molar refractivity (Wildman–Crippen MR) is 85.2 cm³/mol. The van der Waals surface area contributed by atoms with Gasteiger partial charge in [-0.15, -0.1) is 0 Å². The van der Waals surface area contributed by atoms with Crippen molar-refractivity contribution in [2.45, 2.75) is 11.4 Å². The van der Waals surface area contributed by atoms with E-state index in [1.54, 1.807) is 0 Å². The number of benzene rings is 2. The van der Waals surface area contributed by atoms with Gasteiger partial charge < -0.3 is 10.5 Å². The molecule has 0 bridgehead atoms. The van der Waals surface area contributed by atoms with Crippen LogP contribution in [-0.4, -0.2) is 16.6 Å². The Kier molecular flexibility index (Phi) is 5.76. The molecule has 0 saturated carbocycles. The summed E-state index contributed by atoms with van der Waals surface area (Å²) in [6.07, 6.45) is 0. The van der Waals surface area contributed by atoms with Crippen molar-refractivity contribution in [3.8, 4) is 5.75 Å². The van der Waals surface area contributed by atoms with Crippen molar-refractivity contribution in [3.05, 3.63) is 58.6 Å². The monoisotopic (exact) mass is 353 g/mol. The summed E-state index contributed by atoms with van der Waals surface area (Å²) in [7, 11) is -1.05. The molecule has 2 aromatic carbocycles. The molecule has 0 saturated heterocycles. The Labute approximate surface area is 129 Å². The Morgan fingerprint density at radius 2 is 1.80 bits per heavy atom. The summed E-state index contributed by atoms with van der Waals surface area (Å²) in [5, 5.41) is 0. The van der Waals surface area contributed by atoms with Crippen molar-refractivity contribution in [2.24, 2.45) is 5.73 Å². The highest BCUT2D eigenvalue weighted by Crippen LogP contribution is 2.17. The van der Waals surface area contributed by atoms with Crippen LogP contribution in [0.25, 0.3) is 0 Å². The van der Waals surface area contributed by atoms with Gasteiger partial charge in [0.25, 0.3) is 0 Å². The minimum Gasteiger partial charge on any atom is -0.492 e. The number of hydrogen-bond donors (Lipinski definition) is 1. The van der Waals surface area contributed by atoms with Crippen LogP contribution in [-0.2, 0) is 17.3 Å². The summed E-state index contributed by atoms with van der Waals surface area (Å²) in [6.45, 7) is 0.839. The molecule has 0 aliphatic heterocycles. The molecule has 106 valence electrons. The molecule has 0 fully saturated rings. The van der Waals surface area contributed by atoms with Gasteiger partial charge in [0.2, 0.25) is 0 Å². The maximum Gasteiger partial charge on any atom is 0.123 e. The Hall–Kier alpha value is -1.17. The zero-order chi connectivity index (χ0) is 14.4. The van der Waals surface area contributed by atoms with Crippen LogP contribution in [0.3, 0.4) is 0 Å². The van der Waals surface area contributed by atoms with E-state index in [9.17, 15) is 4.21 Å². The fourth-order valence-electron chi connectivity index (χ4n) is 1.74. The summed E-state index contributed by atoms with van der Waals surface area (Å²) < 4.78 is 18.7. The topological polar surface area (TPSA) is 52.3 Å². The van der Waals surface area contributed by atoms with Gasteiger partial charge in [0.05, 0.1) is 16.6 Å². The molecule has 0 aliphatic carbocycles. The molecule has 2 N–H and O–H groups in total. The zero-order valence-electron chi connectivity index (χ0n) is 10.9. The first-order valence-electron chi connectivity index (χ1n) is 6.25. The first kappa shape index (κ1) is 15.2. The third kappa shape index (κ3) is 4.16. The van der Waals surface area contributed by atoms with Gasteiger partial charge in [-0.05, 0) is 30.3 Å². The van der Waals surface area contributed by atoms with Gasteiger partial charge in [0, 0.05) is 21.5 Å². The normalized spacial score (nSPS) is 12.1. The standard InChI is InChI=1S/C15H16BrNO2S/c16-13-5-7-14(8-6-13)20(18)10-9-19-15-4-2-1-3-12(15)11-17/h1-8H,9-11,17H2. The molecule has 0 aromatic heterocycles. The van der Waals surface area contributed by atoms with Crippen molar-refractivity contribution in [1.29, 1.82) is 0 Å². The smallest absolute Gasteiger partial charge is 0.123 e. The molecule has 0 aliphatic rings. The van der Waals surface area contributed by atoms with Gasteiger partial charge in [-0.2, -0.15) is 0 Å². The maximum atomic E-state index is 12.1. The Balaban J connectivity index is 1.89. The average Bonchev–Trinajstić information content (AvgIpc) is 2.48. The molecule has 3 nitrogen and oxygen atoms in total. The van der Waals surface area contributed by atoms with Gasteiger partial charge in [-0.3, -0.25) is 4.21 Å². The highest BCUT2D eigenvalue weighted by molar-refractivity contribution is 9.10. The predicted octanol–water partition coefficient (Wildman–Crippen LogP) is 3.09. The second kappa shape index (κ2) is 7.57. The second-order valence-electron chi connectivity index (χ2n) is 4.16. The van der Waals surface area contributed by atoms with Gasteiger partial charge in [-0.25, -0.2) is 0 Å². The zero-order valence-corrected chi connectivity index (χ0v) is 13.3. The summed E-state index contributed by atoms with van der Waals surface area (Å²) >= 11 is 3.36. The minimum absolute atomic E-state index is 0.402. The molecular formula is C15H16BrNO2S. The first-order valence-corrected chi connectivity index (χ1v) is 8.36. The number of ether oxygens (including phenoxy) is 1. The van der Waals surface area contributed by atoms with E-state index in [1.807, 2.05) is 48.5 Å². The molecular weight excluding hydrogens is 338 g/mol. The Morgan fingerprint density at radius 1 is 1.10 bits per heavy atom. The molecule has 0 heterocycles. The fraction of sp³-hybridized carbons (Fsp3) is 0.200. The lowest BCUT2D eigenvalue weighted by Gasteiger charge is -2.10. The van der Waals surface area contributed by atoms with Crippen LogP contribution < -0.4 is 10.5 Å². The Morgan fingerprint density at radius 3 is 2.50 bits per heavy atom.